The van der Waals surface area contributed by atoms with Crippen LogP contribution in [0.3, 0.4) is 0 Å². The van der Waals surface area contributed by atoms with E-state index in [0.29, 0.717) is 6.04 Å². The van der Waals surface area contributed by atoms with Gasteiger partial charge in [0.05, 0.1) is 0 Å². The lowest BCUT2D eigenvalue weighted by Crippen LogP contribution is -2.37. The van der Waals surface area contributed by atoms with Crippen LogP contribution in [0, 0.1) is 5.92 Å². The van der Waals surface area contributed by atoms with Gasteiger partial charge in [-0.3, -0.25) is 4.90 Å². The van der Waals surface area contributed by atoms with Crippen molar-refractivity contribution < 1.29 is 0 Å². The monoisotopic (exact) mass is 338 g/mol. The number of rotatable bonds is 6. The Morgan fingerprint density at radius 1 is 1.30 bits per heavy atom. The second-order valence-electron chi connectivity index (χ2n) is 5.89. The highest BCUT2D eigenvalue weighted by Gasteiger charge is 2.22. The molecule has 0 amide bonds. The Labute approximate surface area is 132 Å². The minimum absolute atomic E-state index is 0.486. The predicted octanol–water partition coefficient (Wildman–Crippen LogP) is 4.22. The molecule has 1 N–H and O–H groups in total. The lowest BCUT2D eigenvalue weighted by molar-refractivity contribution is 0.160. The third kappa shape index (κ3) is 4.31. The number of halogens is 1. The molecule has 2 nitrogen and oxygen atoms in total. The Balaban J connectivity index is 2.04. The second-order valence-corrected chi connectivity index (χ2v) is 6.74. The van der Waals surface area contributed by atoms with Gasteiger partial charge in [-0.2, -0.15) is 0 Å². The molecule has 112 valence electrons. The lowest BCUT2D eigenvalue weighted by atomic mass is 9.96. The summed E-state index contributed by atoms with van der Waals surface area (Å²) in [6.07, 6.45) is 3.87. The third-order valence-corrected chi connectivity index (χ3v) is 5.09. The van der Waals surface area contributed by atoms with Crippen LogP contribution in [-0.4, -0.2) is 31.1 Å². The van der Waals surface area contributed by atoms with Crippen molar-refractivity contribution in [3.8, 4) is 0 Å². The number of piperidine rings is 1. The van der Waals surface area contributed by atoms with Crippen LogP contribution in [0.25, 0.3) is 0 Å². The van der Waals surface area contributed by atoms with Crippen molar-refractivity contribution in [2.75, 3.05) is 26.2 Å². The van der Waals surface area contributed by atoms with Crippen molar-refractivity contribution in [3.63, 3.8) is 0 Å². The molecule has 0 saturated carbocycles. The van der Waals surface area contributed by atoms with Crippen molar-refractivity contribution in [3.05, 3.63) is 34.3 Å². The largest absolute Gasteiger partial charge is 0.317 e. The fraction of sp³-hybridized carbons (Fsp3) is 0.647. The van der Waals surface area contributed by atoms with Gasteiger partial charge in [0.15, 0.2) is 0 Å². The molecular formula is C17H27BrN2. The van der Waals surface area contributed by atoms with Crippen LogP contribution in [0.4, 0.5) is 0 Å². The highest BCUT2D eigenvalue weighted by molar-refractivity contribution is 9.10. The molecule has 1 aromatic rings. The summed E-state index contributed by atoms with van der Waals surface area (Å²) in [5, 5.41) is 3.46. The number of benzene rings is 1. The van der Waals surface area contributed by atoms with Crippen molar-refractivity contribution in [1.82, 2.24) is 10.2 Å². The van der Waals surface area contributed by atoms with Crippen molar-refractivity contribution in [1.29, 1.82) is 0 Å². The normalized spacial score (nSPS) is 18.4. The average Bonchev–Trinajstić information content (AvgIpc) is 2.48. The van der Waals surface area contributed by atoms with Gasteiger partial charge >= 0.3 is 0 Å². The van der Waals surface area contributed by atoms with E-state index in [2.05, 4.69) is 64.3 Å². The molecule has 1 heterocycles. The summed E-state index contributed by atoms with van der Waals surface area (Å²) in [4.78, 5) is 2.66. The van der Waals surface area contributed by atoms with Crippen LogP contribution in [0.2, 0.25) is 0 Å². The van der Waals surface area contributed by atoms with Gasteiger partial charge in [0, 0.05) is 17.1 Å². The topological polar surface area (TPSA) is 15.3 Å². The van der Waals surface area contributed by atoms with E-state index in [1.807, 2.05) is 0 Å². The van der Waals surface area contributed by atoms with Crippen molar-refractivity contribution >= 4 is 15.9 Å². The summed E-state index contributed by atoms with van der Waals surface area (Å²) in [5.41, 5.74) is 1.41. The van der Waals surface area contributed by atoms with Crippen molar-refractivity contribution in [2.24, 2.45) is 5.92 Å². The van der Waals surface area contributed by atoms with Gasteiger partial charge in [-0.05, 0) is 63.4 Å². The standard InChI is InChI=1S/C17H27BrN2/c1-3-12-20(13-15-8-10-19-11-9-15)14(2)16-6-4-5-7-17(16)18/h4-7,14-15,19H,3,8-13H2,1-2H3. The second kappa shape index (κ2) is 8.16. The SMILES string of the molecule is CCCN(CC1CCNCC1)C(C)c1ccccc1Br. The van der Waals surface area contributed by atoms with Crippen LogP contribution >= 0.6 is 15.9 Å². The van der Waals surface area contributed by atoms with E-state index < -0.39 is 0 Å². The van der Waals surface area contributed by atoms with Gasteiger partial charge in [0.2, 0.25) is 0 Å². The van der Waals surface area contributed by atoms with E-state index in [0.717, 1.165) is 5.92 Å². The van der Waals surface area contributed by atoms with Gasteiger partial charge in [0.25, 0.3) is 0 Å². The molecule has 1 aliphatic rings. The molecule has 1 aromatic carbocycles. The zero-order chi connectivity index (χ0) is 14.4. The molecule has 1 fully saturated rings. The van der Waals surface area contributed by atoms with E-state index in [1.54, 1.807) is 0 Å². The quantitative estimate of drug-likeness (QED) is 0.835. The summed E-state index contributed by atoms with van der Waals surface area (Å²) in [7, 11) is 0. The van der Waals surface area contributed by atoms with Gasteiger partial charge in [-0.25, -0.2) is 0 Å². The summed E-state index contributed by atoms with van der Waals surface area (Å²) >= 11 is 3.70. The summed E-state index contributed by atoms with van der Waals surface area (Å²) in [6.45, 7) is 9.42. The molecule has 2 rings (SSSR count). The Hall–Kier alpha value is -0.380. The molecule has 1 aliphatic heterocycles. The van der Waals surface area contributed by atoms with Crippen LogP contribution in [0.5, 0.6) is 0 Å². The van der Waals surface area contributed by atoms with Gasteiger partial charge in [0.1, 0.15) is 0 Å². The first kappa shape index (κ1) is 16.0. The molecule has 0 spiro atoms. The van der Waals surface area contributed by atoms with Crippen LogP contribution in [0.1, 0.15) is 44.7 Å². The molecule has 1 saturated heterocycles. The first-order chi connectivity index (χ1) is 9.72. The maximum absolute atomic E-state index is 3.70. The maximum atomic E-state index is 3.70. The van der Waals surface area contributed by atoms with E-state index >= 15 is 0 Å². The van der Waals surface area contributed by atoms with E-state index in [9.17, 15) is 0 Å². The van der Waals surface area contributed by atoms with E-state index in [-0.39, 0.29) is 0 Å². The average molecular weight is 339 g/mol. The number of hydrogen-bond donors (Lipinski definition) is 1. The fourth-order valence-electron chi connectivity index (χ4n) is 3.14. The Morgan fingerprint density at radius 2 is 2.00 bits per heavy atom. The summed E-state index contributed by atoms with van der Waals surface area (Å²) < 4.78 is 1.24. The zero-order valence-electron chi connectivity index (χ0n) is 12.7. The molecule has 0 radical (unpaired) electrons. The van der Waals surface area contributed by atoms with E-state index in [4.69, 9.17) is 0 Å². The van der Waals surface area contributed by atoms with Crippen LogP contribution in [-0.2, 0) is 0 Å². The number of nitrogens with zero attached hydrogens (tertiary/aromatic N) is 1. The third-order valence-electron chi connectivity index (χ3n) is 4.37. The molecule has 20 heavy (non-hydrogen) atoms. The molecule has 0 bridgehead atoms. The fourth-order valence-corrected chi connectivity index (χ4v) is 3.75. The number of hydrogen-bond acceptors (Lipinski definition) is 2. The smallest absolute Gasteiger partial charge is 0.0331 e. The minimum atomic E-state index is 0.486. The highest BCUT2D eigenvalue weighted by Crippen LogP contribution is 2.29. The van der Waals surface area contributed by atoms with Gasteiger partial charge in [-0.1, -0.05) is 41.1 Å². The first-order valence-corrected chi connectivity index (χ1v) is 8.70. The Kier molecular flexibility index (Phi) is 6.53. The predicted molar refractivity (Wildman–Crippen MR) is 90.0 cm³/mol. The molecule has 1 atom stereocenters. The molecule has 3 heteroatoms. The van der Waals surface area contributed by atoms with Gasteiger partial charge in [-0.15, -0.1) is 0 Å². The Bertz CT molecular complexity index is 402. The lowest BCUT2D eigenvalue weighted by Gasteiger charge is -2.34. The maximum Gasteiger partial charge on any atom is 0.0331 e. The zero-order valence-corrected chi connectivity index (χ0v) is 14.3. The van der Waals surface area contributed by atoms with Crippen LogP contribution in [0.15, 0.2) is 28.7 Å². The minimum Gasteiger partial charge on any atom is -0.317 e. The molecule has 0 aliphatic carbocycles. The molecule has 0 aromatic heterocycles. The summed E-state index contributed by atoms with van der Waals surface area (Å²) in [6, 6.07) is 9.13. The Morgan fingerprint density at radius 3 is 2.65 bits per heavy atom. The highest BCUT2D eigenvalue weighted by atomic mass is 79.9. The number of nitrogens with one attached hydrogen (secondary N) is 1. The summed E-state index contributed by atoms with van der Waals surface area (Å²) in [5.74, 6) is 0.854. The molecular weight excluding hydrogens is 312 g/mol. The van der Waals surface area contributed by atoms with E-state index in [1.165, 1.54) is 55.5 Å². The van der Waals surface area contributed by atoms with Crippen LogP contribution < -0.4 is 5.32 Å². The first-order valence-electron chi connectivity index (χ1n) is 7.91. The molecule has 1 unspecified atom stereocenters. The van der Waals surface area contributed by atoms with Crippen molar-refractivity contribution in [2.45, 2.75) is 39.2 Å². The van der Waals surface area contributed by atoms with Gasteiger partial charge < -0.3 is 5.32 Å².